The largest absolute Gasteiger partial charge is 0.489 e. The molecule has 1 amide bonds. The molecule has 1 aliphatic heterocycles. The maximum absolute atomic E-state index is 12.2. The predicted octanol–water partition coefficient (Wildman–Crippen LogP) is 0.750. The topological polar surface area (TPSA) is 87.7 Å². The molecular formula is C15H27N3O4S. The van der Waals surface area contributed by atoms with E-state index in [1.807, 2.05) is 6.08 Å². The molecule has 1 fully saturated rings. The molecule has 0 bridgehead atoms. The number of carbonyl (C=O) groups is 1. The number of hydrogen-bond donors (Lipinski definition) is 2. The van der Waals surface area contributed by atoms with Crippen LogP contribution in [0.25, 0.3) is 0 Å². The minimum Gasteiger partial charge on any atom is -0.489 e. The monoisotopic (exact) mass is 345 g/mol. The lowest BCUT2D eigenvalue weighted by atomic mass is 9.99. The van der Waals surface area contributed by atoms with Gasteiger partial charge in [-0.25, -0.2) is 0 Å². The molecule has 2 unspecified atom stereocenters. The summed E-state index contributed by atoms with van der Waals surface area (Å²) in [6.45, 7) is 0.292. The summed E-state index contributed by atoms with van der Waals surface area (Å²) in [7, 11) is -0.528. The standard InChI is InChI=1S/C15H27N3O4S/c1-18(2)23(20,21)17-13(12-7-3-4-8-12)11-16-15(19)14-9-5-6-10-22-14/h6,10,12-14,17H,3-5,7-9,11H2,1-2H3,(H,16,19). The molecule has 2 aliphatic rings. The zero-order valence-electron chi connectivity index (χ0n) is 13.8. The van der Waals surface area contributed by atoms with Gasteiger partial charge >= 0.3 is 0 Å². The van der Waals surface area contributed by atoms with Crippen molar-refractivity contribution in [2.24, 2.45) is 5.92 Å². The molecule has 1 saturated carbocycles. The Balaban J connectivity index is 1.94. The highest BCUT2D eigenvalue weighted by atomic mass is 32.2. The van der Waals surface area contributed by atoms with Crippen molar-refractivity contribution in [2.45, 2.75) is 50.7 Å². The Kier molecular flexibility index (Phi) is 6.43. The van der Waals surface area contributed by atoms with Crippen LogP contribution in [0, 0.1) is 5.92 Å². The fraction of sp³-hybridized carbons (Fsp3) is 0.800. The molecular weight excluding hydrogens is 318 g/mol. The number of amides is 1. The molecule has 2 atom stereocenters. The van der Waals surface area contributed by atoms with Gasteiger partial charge in [0, 0.05) is 26.7 Å². The Hall–Kier alpha value is -1.12. The molecule has 23 heavy (non-hydrogen) atoms. The van der Waals surface area contributed by atoms with Crippen molar-refractivity contribution in [2.75, 3.05) is 20.6 Å². The quantitative estimate of drug-likeness (QED) is 0.713. The molecule has 0 radical (unpaired) electrons. The Morgan fingerprint density at radius 3 is 2.57 bits per heavy atom. The highest BCUT2D eigenvalue weighted by Crippen LogP contribution is 2.28. The average molecular weight is 345 g/mol. The van der Waals surface area contributed by atoms with Crippen LogP contribution in [0.3, 0.4) is 0 Å². The van der Waals surface area contributed by atoms with E-state index >= 15 is 0 Å². The zero-order chi connectivity index (χ0) is 16.9. The Labute approximate surface area is 138 Å². The van der Waals surface area contributed by atoms with E-state index in [2.05, 4.69) is 10.0 Å². The van der Waals surface area contributed by atoms with E-state index < -0.39 is 16.3 Å². The first kappa shape index (κ1) is 18.2. The van der Waals surface area contributed by atoms with Gasteiger partial charge in [0.1, 0.15) is 0 Å². The maximum Gasteiger partial charge on any atom is 0.279 e. The summed E-state index contributed by atoms with van der Waals surface area (Å²) in [6.07, 6.45) is 8.61. The average Bonchev–Trinajstić information content (AvgIpc) is 3.06. The Morgan fingerprint density at radius 2 is 2.00 bits per heavy atom. The number of allylic oxidation sites excluding steroid dienone is 1. The maximum atomic E-state index is 12.2. The Bertz CT molecular complexity index is 527. The van der Waals surface area contributed by atoms with Crippen molar-refractivity contribution in [3.05, 3.63) is 12.3 Å². The van der Waals surface area contributed by atoms with Crippen molar-refractivity contribution in [3.8, 4) is 0 Å². The van der Waals surface area contributed by atoms with Gasteiger partial charge in [-0.15, -0.1) is 0 Å². The van der Waals surface area contributed by atoms with E-state index in [1.54, 1.807) is 6.26 Å². The molecule has 0 aromatic heterocycles. The summed E-state index contributed by atoms with van der Waals surface area (Å²) < 4.78 is 33.4. The molecule has 1 aliphatic carbocycles. The molecule has 0 spiro atoms. The van der Waals surface area contributed by atoms with Gasteiger partial charge in [0.05, 0.1) is 6.26 Å². The smallest absolute Gasteiger partial charge is 0.279 e. The summed E-state index contributed by atoms with van der Waals surface area (Å²) in [6, 6.07) is -0.284. The molecule has 0 aromatic rings. The highest BCUT2D eigenvalue weighted by Gasteiger charge is 2.30. The second-order valence-electron chi connectivity index (χ2n) is 6.38. The van der Waals surface area contributed by atoms with Crippen LogP contribution in [0.4, 0.5) is 0 Å². The van der Waals surface area contributed by atoms with Crippen LogP contribution < -0.4 is 10.0 Å². The number of carbonyl (C=O) groups excluding carboxylic acids is 1. The van der Waals surface area contributed by atoms with Crippen LogP contribution in [0.2, 0.25) is 0 Å². The molecule has 0 aromatic carbocycles. The Morgan fingerprint density at radius 1 is 1.30 bits per heavy atom. The summed E-state index contributed by atoms with van der Waals surface area (Å²) in [5.41, 5.74) is 0. The van der Waals surface area contributed by atoms with Crippen molar-refractivity contribution in [3.63, 3.8) is 0 Å². The molecule has 8 heteroatoms. The summed E-state index contributed by atoms with van der Waals surface area (Å²) in [5, 5.41) is 2.85. The van der Waals surface area contributed by atoms with E-state index in [1.165, 1.54) is 14.1 Å². The van der Waals surface area contributed by atoms with E-state index in [4.69, 9.17) is 4.74 Å². The van der Waals surface area contributed by atoms with Crippen LogP contribution in [0.5, 0.6) is 0 Å². The van der Waals surface area contributed by atoms with Crippen LogP contribution in [0.1, 0.15) is 38.5 Å². The SMILES string of the molecule is CN(C)S(=O)(=O)NC(CNC(=O)C1CCC=CO1)C1CCCC1. The lowest BCUT2D eigenvalue weighted by molar-refractivity contribution is -0.130. The third-order valence-corrected chi connectivity index (χ3v) is 6.04. The van der Waals surface area contributed by atoms with Crippen LogP contribution in [-0.2, 0) is 19.7 Å². The lowest BCUT2D eigenvalue weighted by Gasteiger charge is -2.27. The number of rotatable bonds is 7. The normalized spacial score (nSPS) is 23.7. The van der Waals surface area contributed by atoms with Gasteiger partial charge in [-0.3, -0.25) is 4.79 Å². The molecule has 2 rings (SSSR count). The highest BCUT2D eigenvalue weighted by molar-refractivity contribution is 7.87. The van der Waals surface area contributed by atoms with Gasteiger partial charge in [0.25, 0.3) is 16.1 Å². The van der Waals surface area contributed by atoms with Crippen molar-refractivity contribution in [1.29, 1.82) is 0 Å². The van der Waals surface area contributed by atoms with Crippen LogP contribution >= 0.6 is 0 Å². The van der Waals surface area contributed by atoms with E-state index in [0.29, 0.717) is 13.0 Å². The fourth-order valence-corrected chi connectivity index (χ4v) is 3.88. The zero-order valence-corrected chi connectivity index (χ0v) is 14.6. The summed E-state index contributed by atoms with van der Waals surface area (Å²) in [5.74, 6) is 0.0820. The number of ether oxygens (including phenoxy) is 1. The first-order valence-electron chi connectivity index (χ1n) is 8.18. The first-order valence-corrected chi connectivity index (χ1v) is 9.62. The van der Waals surface area contributed by atoms with Crippen molar-refractivity contribution < 1.29 is 17.9 Å². The molecule has 1 heterocycles. The number of hydrogen-bond acceptors (Lipinski definition) is 4. The molecule has 132 valence electrons. The summed E-state index contributed by atoms with van der Waals surface area (Å²) in [4.78, 5) is 12.2. The fourth-order valence-electron chi connectivity index (χ4n) is 3.01. The summed E-state index contributed by atoms with van der Waals surface area (Å²) >= 11 is 0. The van der Waals surface area contributed by atoms with Crippen LogP contribution in [-0.4, -0.2) is 51.4 Å². The third-order valence-electron chi connectivity index (χ3n) is 4.47. The van der Waals surface area contributed by atoms with Gasteiger partial charge in [-0.05, 0) is 37.7 Å². The van der Waals surface area contributed by atoms with Gasteiger partial charge in [0.15, 0.2) is 6.10 Å². The van der Waals surface area contributed by atoms with Gasteiger partial charge in [0.2, 0.25) is 0 Å². The minimum absolute atomic E-state index is 0.179. The predicted molar refractivity (Wildman–Crippen MR) is 87.7 cm³/mol. The van der Waals surface area contributed by atoms with Gasteiger partial charge in [-0.1, -0.05) is 12.8 Å². The minimum atomic E-state index is -3.52. The van der Waals surface area contributed by atoms with E-state index in [-0.39, 0.29) is 17.9 Å². The second-order valence-corrected chi connectivity index (χ2v) is 8.29. The third kappa shape index (κ3) is 5.19. The molecule has 7 nitrogen and oxygen atoms in total. The number of nitrogens with one attached hydrogen (secondary N) is 2. The first-order chi connectivity index (χ1) is 10.9. The van der Waals surface area contributed by atoms with Crippen molar-refractivity contribution >= 4 is 16.1 Å². The lowest BCUT2D eigenvalue weighted by Crippen LogP contribution is -2.51. The molecule has 2 N–H and O–H groups in total. The second kappa shape index (κ2) is 8.12. The van der Waals surface area contributed by atoms with Crippen LogP contribution in [0.15, 0.2) is 12.3 Å². The molecule has 0 saturated heterocycles. The van der Waals surface area contributed by atoms with E-state index in [0.717, 1.165) is 36.4 Å². The van der Waals surface area contributed by atoms with Gasteiger partial charge in [-0.2, -0.15) is 17.4 Å². The number of nitrogens with zero attached hydrogens (tertiary/aromatic N) is 1. The van der Waals surface area contributed by atoms with Crippen molar-refractivity contribution in [1.82, 2.24) is 14.3 Å². The van der Waals surface area contributed by atoms with Gasteiger partial charge < -0.3 is 10.1 Å². The van der Waals surface area contributed by atoms with E-state index in [9.17, 15) is 13.2 Å².